The SMILES string of the molecule is O=C(NC[C@H]1C[C@H](S(=O)(=O)c2cc(F)cc(C(F)(F)F)c2)C1)c1ccc(F)c(Cl)c1. The fourth-order valence-corrected chi connectivity index (χ4v) is 5.34. The van der Waals surface area contributed by atoms with Crippen LogP contribution in [0, 0.1) is 17.6 Å². The molecule has 0 spiro atoms. The molecule has 1 saturated carbocycles. The predicted molar refractivity (Wildman–Crippen MR) is 98.8 cm³/mol. The molecule has 2 aromatic rings. The Morgan fingerprint density at radius 2 is 1.77 bits per heavy atom. The van der Waals surface area contributed by atoms with Crippen LogP contribution < -0.4 is 5.32 Å². The van der Waals surface area contributed by atoms with Crippen LogP contribution in [0.25, 0.3) is 0 Å². The van der Waals surface area contributed by atoms with Gasteiger partial charge in [-0.3, -0.25) is 4.79 Å². The summed E-state index contributed by atoms with van der Waals surface area (Å²) in [4.78, 5) is 11.3. The summed E-state index contributed by atoms with van der Waals surface area (Å²) in [6.07, 6.45) is -4.67. The van der Waals surface area contributed by atoms with Crippen LogP contribution in [0.3, 0.4) is 0 Å². The van der Waals surface area contributed by atoms with Crippen molar-refractivity contribution < 1.29 is 35.2 Å². The maximum absolute atomic E-state index is 13.5. The Bertz CT molecular complexity index is 1080. The molecule has 0 unspecified atom stereocenters. The van der Waals surface area contributed by atoms with Crippen LogP contribution in [0.5, 0.6) is 0 Å². The zero-order valence-electron chi connectivity index (χ0n) is 15.1. The van der Waals surface area contributed by atoms with E-state index < -0.39 is 49.3 Å². The van der Waals surface area contributed by atoms with Gasteiger partial charge in [0.15, 0.2) is 9.84 Å². The maximum Gasteiger partial charge on any atom is 0.416 e. The molecular formula is C19H15ClF5NO3S. The highest BCUT2D eigenvalue weighted by Crippen LogP contribution is 2.38. The molecule has 1 fully saturated rings. The van der Waals surface area contributed by atoms with Crippen molar-refractivity contribution in [2.75, 3.05) is 6.54 Å². The molecule has 30 heavy (non-hydrogen) atoms. The minimum atomic E-state index is -4.87. The Morgan fingerprint density at radius 1 is 1.10 bits per heavy atom. The average molecular weight is 468 g/mol. The van der Waals surface area contributed by atoms with Gasteiger partial charge in [0.25, 0.3) is 5.91 Å². The van der Waals surface area contributed by atoms with Crippen molar-refractivity contribution >= 4 is 27.3 Å². The lowest BCUT2D eigenvalue weighted by Gasteiger charge is -2.35. The minimum absolute atomic E-state index is 0.102. The van der Waals surface area contributed by atoms with Crippen molar-refractivity contribution in [3.05, 3.63) is 64.2 Å². The largest absolute Gasteiger partial charge is 0.416 e. The first kappa shape index (κ1) is 22.5. The van der Waals surface area contributed by atoms with E-state index in [4.69, 9.17) is 11.6 Å². The highest BCUT2D eigenvalue weighted by molar-refractivity contribution is 7.92. The van der Waals surface area contributed by atoms with Gasteiger partial charge in [0.05, 0.1) is 20.7 Å². The lowest BCUT2D eigenvalue weighted by atomic mass is 9.85. The van der Waals surface area contributed by atoms with E-state index in [1.165, 1.54) is 6.07 Å². The number of halogens is 6. The number of sulfone groups is 1. The third-order valence-electron chi connectivity index (χ3n) is 4.89. The fraction of sp³-hybridized carbons (Fsp3) is 0.316. The van der Waals surface area contributed by atoms with Crippen molar-refractivity contribution in [2.24, 2.45) is 5.92 Å². The number of alkyl halides is 3. The minimum Gasteiger partial charge on any atom is -0.352 e. The number of benzene rings is 2. The zero-order chi connectivity index (χ0) is 22.3. The molecule has 0 saturated heterocycles. The van der Waals surface area contributed by atoms with Crippen LogP contribution in [-0.4, -0.2) is 26.1 Å². The monoisotopic (exact) mass is 467 g/mol. The van der Waals surface area contributed by atoms with Crippen LogP contribution in [0.15, 0.2) is 41.3 Å². The summed E-state index contributed by atoms with van der Waals surface area (Å²) in [5.74, 6) is -2.71. The van der Waals surface area contributed by atoms with Gasteiger partial charge in [0, 0.05) is 12.1 Å². The van der Waals surface area contributed by atoms with Crippen molar-refractivity contribution in [1.82, 2.24) is 5.32 Å². The Kier molecular flexibility index (Phi) is 6.10. The standard InChI is InChI=1S/C19H15ClF5NO3S/c20-16-5-11(1-2-17(16)22)18(27)26-9-10-3-14(4-10)30(28,29)15-7-12(19(23,24)25)6-13(21)8-15/h1-2,5-8,10,14H,3-4,9H2,(H,26,27)/t10-,14-. The van der Waals surface area contributed by atoms with E-state index in [0.29, 0.717) is 12.1 Å². The van der Waals surface area contributed by atoms with Crippen molar-refractivity contribution in [2.45, 2.75) is 29.2 Å². The quantitative estimate of drug-likeness (QED) is 0.653. The molecule has 0 atom stereocenters. The van der Waals surface area contributed by atoms with E-state index >= 15 is 0 Å². The third kappa shape index (κ3) is 4.75. The van der Waals surface area contributed by atoms with E-state index in [1.54, 1.807) is 0 Å². The second kappa shape index (κ2) is 8.14. The summed E-state index contributed by atoms with van der Waals surface area (Å²) in [5.41, 5.74) is -1.24. The molecule has 0 heterocycles. The first-order valence-electron chi connectivity index (χ1n) is 8.73. The van der Waals surface area contributed by atoms with E-state index in [1.807, 2.05) is 0 Å². The molecule has 4 nitrogen and oxygen atoms in total. The van der Waals surface area contributed by atoms with Crippen LogP contribution >= 0.6 is 11.6 Å². The van der Waals surface area contributed by atoms with Gasteiger partial charge in [0.2, 0.25) is 0 Å². The number of hydrogen-bond acceptors (Lipinski definition) is 3. The molecule has 11 heteroatoms. The molecule has 1 N–H and O–H groups in total. The van der Waals surface area contributed by atoms with Crippen LogP contribution in [0.4, 0.5) is 22.0 Å². The molecule has 2 aromatic carbocycles. The number of nitrogens with one attached hydrogen (secondary N) is 1. The number of carbonyl (C=O) groups is 1. The normalized spacial score (nSPS) is 19.3. The molecule has 0 radical (unpaired) electrons. The van der Waals surface area contributed by atoms with Gasteiger partial charge in [-0.2, -0.15) is 13.2 Å². The van der Waals surface area contributed by atoms with E-state index in [9.17, 15) is 35.2 Å². The van der Waals surface area contributed by atoms with Gasteiger partial charge in [-0.15, -0.1) is 0 Å². The van der Waals surface area contributed by atoms with Crippen molar-refractivity contribution in [3.63, 3.8) is 0 Å². The Morgan fingerprint density at radius 3 is 2.37 bits per heavy atom. The molecule has 3 rings (SSSR count). The molecule has 0 aromatic heterocycles. The zero-order valence-corrected chi connectivity index (χ0v) is 16.7. The Hall–Kier alpha value is -2.20. The summed E-state index contributed by atoms with van der Waals surface area (Å²) in [5, 5.41) is 1.39. The number of rotatable bonds is 5. The summed E-state index contributed by atoms with van der Waals surface area (Å²) in [6.45, 7) is 0.122. The average Bonchev–Trinajstić information content (AvgIpc) is 2.61. The number of carbonyl (C=O) groups excluding carboxylic acids is 1. The van der Waals surface area contributed by atoms with Crippen molar-refractivity contribution in [1.29, 1.82) is 0 Å². The molecular weight excluding hydrogens is 453 g/mol. The van der Waals surface area contributed by atoms with E-state index in [2.05, 4.69) is 5.32 Å². The molecule has 0 bridgehead atoms. The Balaban J connectivity index is 1.61. The summed E-state index contributed by atoms with van der Waals surface area (Å²) >= 11 is 5.62. The highest BCUT2D eigenvalue weighted by atomic mass is 35.5. The first-order valence-corrected chi connectivity index (χ1v) is 10.7. The van der Waals surface area contributed by atoms with Gasteiger partial charge in [-0.25, -0.2) is 17.2 Å². The van der Waals surface area contributed by atoms with Crippen LogP contribution in [-0.2, 0) is 16.0 Å². The number of amides is 1. The second-order valence-corrected chi connectivity index (χ2v) is 9.65. The summed E-state index contributed by atoms with van der Waals surface area (Å²) in [7, 11) is -4.15. The lowest BCUT2D eigenvalue weighted by Crippen LogP contribution is -2.42. The summed E-state index contributed by atoms with van der Waals surface area (Å²) in [6, 6.07) is 4.66. The molecule has 1 aliphatic carbocycles. The van der Waals surface area contributed by atoms with Crippen LogP contribution in [0.1, 0.15) is 28.8 Å². The van der Waals surface area contributed by atoms with E-state index in [0.717, 1.165) is 12.1 Å². The first-order chi connectivity index (χ1) is 13.9. The Labute approximate surface area is 174 Å². The van der Waals surface area contributed by atoms with Gasteiger partial charge < -0.3 is 5.32 Å². The van der Waals surface area contributed by atoms with Crippen LogP contribution in [0.2, 0.25) is 5.02 Å². The lowest BCUT2D eigenvalue weighted by molar-refractivity contribution is -0.137. The fourth-order valence-electron chi connectivity index (χ4n) is 3.15. The van der Waals surface area contributed by atoms with Crippen molar-refractivity contribution in [3.8, 4) is 0 Å². The molecule has 1 amide bonds. The predicted octanol–water partition coefficient (Wildman–Crippen LogP) is 4.62. The smallest absolute Gasteiger partial charge is 0.352 e. The molecule has 162 valence electrons. The van der Waals surface area contributed by atoms with Gasteiger partial charge in [0.1, 0.15) is 11.6 Å². The topological polar surface area (TPSA) is 63.2 Å². The maximum atomic E-state index is 13.5. The van der Waals surface area contributed by atoms with Gasteiger partial charge in [-0.1, -0.05) is 11.6 Å². The summed E-state index contributed by atoms with van der Waals surface area (Å²) < 4.78 is 90.3. The highest BCUT2D eigenvalue weighted by Gasteiger charge is 2.41. The molecule has 1 aliphatic rings. The third-order valence-corrected chi connectivity index (χ3v) is 7.34. The van der Waals surface area contributed by atoms with E-state index in [-0.39, 0.29) is 42.0 Å². The second-order valence-electron chi connectivity index (χ2n) is 7.02. The van der Waals surface area contributed by atoms with Gasteiger partial charge in [-0.05, 0) is 55.2 Å². The number of hydrogen-bond donors (Lipinski definition) is 1. The molecule has 0 aliphatic heterocycles. The van der Waals surface area contributed by atoms with Gasteiger partial charge >= 0.3 is 6.18 Å².